The van der Waals surface area contributed by atoms with Crippen LogP contribution in [0.5, 0.6) is 0 Å². The number of rotatable bonds is 1. The Morgan fingerprint density at radius 1 is 0.700 bits per heavy atom. The summed E-state index contributed by atoms with van der Waals surface area (Å²) in [5.74, 6) is 0. The second-order valence-corrected chi connectivity index (χ2v) is 4.22. The van der Waals surface area contributed by atoms with Gasteiger partial charge in [0, 0.05) is 6.92 Å². The second kappa shape index (κ2) is 10.1. The van der Waals surface area contributed by atoms with Crippen molar-refractivity contribution in [1.29, 1.82) is 0 Å². The average Bonchev–Trinajstić information content (AvgIpc) is 2.40. The number of halogens is 3. The van der Waals surface area contributed by atoms with Crippen molar-refractivity contribution in [3.05, 3.63) is 60.7 Å². The Labute approximate surface area is 119 Å². The summed E-state index contributed by atoms with van der Waals surface area (Å²) in [4.78, 5) is 0. The van der Waals surface area contributed by atoms with Gasteiger partial charge in [-0.2, -0.15) is 13.2 Å². The molecular weight excluding hydrogens is 261 g/mol. The highest BCUT2D eigenvalue weighted by Gasteiger charge is 2.15. The summed E-state index contributed by atoms with van der Waals surface area (Å²) in [6.07, 6.45) is -2.75. The molecule has 0 radical (unpaired) electrons. The van der Waals surface area contributed by atoms with E-state index in [0.29, 0.717) is 0 Å². The Morgan fingerprint density at radius 2 is 0.900 bits per heavy atom. The molecule has 0 fully saturated rings. The van der Waals surface area contributed by atoms with E-state index in [4.69, 9.17) is 0 Å². The van der Waals surface area contributed by atoms with Crippen LogP contribution in [0.1, 0.15) is 27.2 Å². The molecule has 2 aromatic rings. The lowest BCUT2D eigenvalue weighted by Crippen LogP contribution is -1.95. The first-order valence-electron chi connectivity index (χ1n) is 6.55. The third-order valence-electron chi connectivity index (χ3n) is 1.88. The third kappa shape index (κ3) is 11.3. The molecule has 0 N–H and O–H groups in total. The number of hydrogen-bond acceptors (Lipinski definition) is 0. The highest BCUT2D eigenvalue weighted by atomic mass is 19.4. The maximum absolute atomic E-state index is 10.4. The first kappa shape index (κ1) is 18.2. The number of hydrogen-bond donors (Lipinski definition) is 0. The molecule has 110 valence electrons. The Hall–Kier alpha value is -1.77. The van der Waals surface area contributed by atoms with E-state index >= 15 is 0 Å². The fourth-order valence-electron chi connectivity index (χ4n) is 1.26. The molecule has 0 bridgehead atoms. The van der Waals surface area contributed by atoms with Gasteiger partial charge in [0.25, 0.3) is 0 Å². The summed E-state index contributed by atoms with van der Waals surface area (Å²) in [5, 5.41) is 0. The van der Waals surface area contributed by atoms with Gasteiger partial charge in [-0.25, -0.2) is 0 Å². The molecule has 20 heavy (non-hydrogen) atoms. The van der Waals surface area contributed by atoms with Crippen LogP contribution in [0.2, 0.25) is 0 Å². The molecule has 0 aliphatic rings. The predicted molar refractivity (Wildman–Crippen MR) is 79.6 cm³/mol. The summed E-state index contributed by atoms with van der Waals surface area (Å²) in [6, 6.07) is 20.8. The fraction of sp³-hybridized carbons (Fsp3) is 0.294. The highest BCUT2D eigenvalue weighted by Crippen LogP contribution is 2.17. The van der Waals surface area contributed by atoms with Crippen LogP contribution in [0.25, 0.3) is 11.1 Å². The lowest BCUT2D eigenvalue weighted by Gasteiger charge is -1.98. The van der Waals surface area contributed by atoms with Gasteiger partial charge in [0.05, 0.1) is 0 Å². The molecule has 0 unspecified atom stereocenters. The predicted octanol–water partition coefficient (Wildman–Crippen LogP) is 6.34. The topological polar surface area (TPSA) is 0 Å². The van der Waals surface area contributed by atoms with Crippen molar-refractivity contribution in [3.8, 4) is 11.1 Å². The minimum atomic E-state index is -4.00. The van der Waals surface area contributed by atoms with Crippen LogP contribution >= 0.6 is 0 Å². The van der Waals surface area contributed by atoms with Crippen molar-refractivity contribution in [3.63, 3.8) is 0 Å². The van der Waals surface area contributed by atoms with Gasteiger partial charge in [0.2, 0.25) is 0 Å². The smallest absolute Gasteiger partial charge is 0.172 e. The zero-order chi connectivity index (χ0) is 15.4. The van der Waals surface area contributed by atoms with Gasteiger partial charge in [-0.1, -0.05) is 80.9 Å². The number of alkyl halides is 3. The van der Waals surface area contributed by atoms with Crippen LogP contribution in [-0.2, 0) is 0 Å². The third-order valence-corrected chi connectivity index (χ3v) is 1.88. The Balaban J connectivity index is 0.000000382. The minimum Gasteiger partial charge on any atom is -0.172 e. The molecule has 0 amide bonds. The van der Waals surface area contributed by atoms with Gasteiger partial charge in [-0.3, -0.25) is 0 Å². The molecule has 0 saturated heterocycles. The van der Waals surface area contributed by atoms with Crippen LogP contribution in [0.15, 0.2) is 60.7 Å². The molecule has 0 aliphatic carbocycles. The zero-order valence-electron chi connectivity index (χ0n) is 12.1. The maximum Gasteiger partial charge on any atom is 0.386 e. The van der Waals surface area contributed by atoms with E-state index in [1.54, 1.807) is 0 Å². The van der Waals surface area contributed by atoms with Gasteiger partial charge < -0.3 is 0 Å². The van der Waals surface area contributed by atoms with E-state index in [-0.39, 0.29) is 6.92 Å². The van der Waals surface area contributed by atoms with E-state index in [9.17, 15) is 13.2 Å². The minimum absolute atomic E-state index is 0.188. The Kier molecular flexibility index (Phi) is 9.18. The van der Waals surface area contributed by atoms with E-state index in [1.807, 2.05) is 12.1 Å². The standard InChI is InChI=1S/C12H10.C3H8.C2H3F3/c1-3-7-11(8-4-1)12-9-5-2-6-10-12;1-3-2;1-2(3,4)5/h1-10H;3H2,1-2H3;1H3. The van der Waals surface area contributed by atoms with Crippen LogP contribution in [0.4, 0.5) is 13.2 Å². The van der Waals surface area contributed by atoms with Gasteiger partial charge in [-0.15, -0.1) is 0 Å². The van der Waals surface area contributed by atoms with Crippen LogP contribution < -0.4 is 0 Å². The molecule has 0 aliphatic heterocycles. The van der Waals surface area contributed by atoms with Gasteiger partial charge >= 0.3 is 6.18 Å². The molecule has 0 nitrogen and oxygen atoms in total. The van der Waals surface area contributed by atoms with E-state index in [2.05, 4.69) is 62.4 Å². The molecule has 0 spiro atoms. The largest absolute Gasteiger partial charge is 0.386 e. The second-order valence-electron chi connectivity index (χ2n) is 4.22. The lowest BCUT2D eigenvalue weighted by molar-refractivity contribution is -0.110. The van der Waals surface area contributed by atoms with Crippen molar-refractivity contribution in [2.24, 2.45) is 0 Å². The highest BCUT2D eigenvalue weighted by molar-refractivity contribution is 5.62. The van der Waals surface area contributed by atoms with E-state index in [1.165, 1.54) is 17.5 Å². The summed E-state index contributed by atoms with van der Waals surface area (Å²) in [7, 11) is 0. The molecule has 2 aromatic carbocycles. The van der Waals surface area contributed by atoms with Crippen LogP contribution in [-0.4, -0.2) is 6.18 Å². The maximum atomic E-state index is 10.4. The molecule has 2 rings (SSSR count). The lowest BCUT2D eigenvalue weighted by atomic mass is 10.1. The molecule has 0 heterocycles. The van der Waals surface area contributed by atoms with Crippen LogP contribution in [0.3, 0.4) is 0 Å². The molecular formula is C17H21F3. The monoisotopic (exact) mass is 282 g/mol. The first-order valence-corrected chi connectivity index (χ1v) is 6.55. The average molecular weight is 282 g/mol. The fourth-order valence-corrected chi connectivity index (χ4v) is 1.26. The van der Waals surface area contributed by atoms with Crippen molar-refractivity contribution >= 4 is 0 Å². The molecule has 0 aromatic heterocycles. The molecule has 0 saturated carbocycles. The van der Waals surface area contributed by atoms with Gasteiger partial charge in [0.15, 0.2) is 0 Å². The van der Waals surface area contributed by atoms with Crippen molar-refractivity contribution in [1.82, 2.24) is 0 Å². The van der Waals surface area contributed by atoms with Gasteiger partial charge in [-0.05, 0) is 11.1 Å². The summed E-state index contributed by atoms with van der Waals surface area (Å²) in [6.45, 7) is 4.44. The zero-order valence-corrected chi connectivity index (χ0v) is 12.1. The normalized spacial score (nSPS) is 9.70. The summed E-state index contributed by atoms with van der Waals surface area (Å²) in [5.41, 5.74) is 2.55. The van der Waals surface area contributed by atoms with Crippen molar-refractivity contribution in [2.75, 3.05) is 0 Å². The van der Waals surface area contributed by atoms with Gasteiger partial charge in [0.1, 0.15) is 0 Å². The van der Waals surface area contributed by atoms with E-state index < -0.39 is 6.18 Å². The van der Waals surface area contributed by atoms with Crippen LogP contribution in [0, 0.1) is 0 Å². The Morgan fingerprint density at radius 3 is 1.10 bits per heavy atom. The molecule has 0 atom stereocenters. The number of benzene rings is 2. The first-order chi connectivity index (χ1) is 9.38. The molecule has 3 heteroatoms. The Bertz CT molecular complexity index is 389. The van der Waals surface area contributed by atoms with Crippen molar-refractivity contribution < 1.29 is 13.2 Å². The quantitative estimate of drug-likeness (QED) is 0.572. The summed E-state index contributed by atoms with van der Waals surface area (Å²) >= 11 is 0. The van der Waals surface area contributed by atoms with Crippen molar-refractivity contribution in [2.45, 2.75) is 33.4 Å². The van der Waals surface area contributed by atoms with E-state index in [0.717, 1.165) is 0 Å². The summed E-state index contributed by atoms with van der Waals surface area (Å²) < 4.78 is 31.1. The SMILES string of the molecule is CC(F)(F)F.CCC.c1ccc(-c2ccccc2)cc1.